The lowest BCUT2D eigenvalue weighted by Crippen LogP contribution is -2.55. The third-order valence-corrected chi connectivity index (χ3v) is 6.83. The van der Waals surface area contributed by atoms with Crippen molar-refractivity contribution < 1.29 is 19.1 Å². The van der Waals surface area contributed by atoms with Crippen molar-refractivity contribution in [2.24, 2.45) is 5.92 Å². The lowest BCUT2D eigenvalue weighted by Gasteiger charge is -2.30. The monoisotopic (exact) mass is 467 g/mol. The smallest absolute Gasteiger partial charge is 0.338 e. The maximum Gasteiger partial charge on any atom is 0.338 e. The molecule has 1 aliphatic carbocycles. The quantitative estimate of drug-likeness (QED) is 0.198. The zero-order valence-corrected chi connectivity index (χ0v) is 20.5. The van der Waals surface area contributed by atoms with Gasteiger partial charge in [0.05, 0.1) is 0 Å². The summed E-state index contributed by atoms with van der Waals surface area (Å²) in [6.45, 7) is 11.6. The Balaban J connectivity index is 1.70. The largest absolute Gasteiger partial charge is 0.423 e. The van der Waals surface area contributed by atoms with Crippen LogP contribution in [-0.4, -0.2) is 29.5 Å². The molecule has 0 spiro atoms. The summed E-state index contributed by atoms with van der Waals surface area (Å²) < 4.78 is 5.69. The summed E-state index contributed by atoms with van der Waals surface area (Å²) in [6.07, 6.45) is 10.5. The minimum absolute atomic E-state index is 0.224. The van der Waals surface area contributed by atoms with Gasteiger partial charge in [-0.3, -0.25) is 15.5 Å². The van der Waals surface area contributed by atoms with Gasteiger partial charge in [0.15, 0.2) is 0 Å². The molecular weight excluding hydrogens is 430 g/mol. The third kappa shape index (κ3) is 6.72. The number of ether oxygens (including phenoxy) is 1. The van der Waals surface area contributed by atoms with Gasteiger partial charge in [0.1, 0.15) is 11.6 Å². The van der Waals surface area contributed by atoms with Gasteiger partial charge >= 0.3 is 18.0 Å². The Bertz CT molecular complexity index is 927. The van der Waals surface area contributed by atoms with Gasteiger partial charge in [-0.05, 0) is 68.1 Å². The van der Waals surface area contributed by atoms with Crippen LogP contribution in [-0.2, 0) is 11.2 Å². The van der Waals surface area contributed by atoms with Crippen LogP contribution in [0.3, 0.4) is 0 Å². The fourth-order valence-corrected chi connectivity index (χ4v) is 4.77. The first-order valence-corrected chi connectivity index (χ1v) is 12.4. The summed E-state index contributed by atoms with van der Waals surface area (Å²) in [5.41, 5.74) is 2.33. The molecule has 3 rings (SSSR count). The second-order valence-corrected chi connectivity index (χ2v) is 9.48. The van der Waals surface area contributed by atoms with Crippen LogP contribution in [0.2, 0.25) is 0 Å². The van der Waals surface area contributed by atoms with E-state index in [-0.39, 0.29) is 12.4 Å². The van der Waals surface area contributed by atoms with Crippen molar-refractivity contribution in [3.05, 3.63) is 53.9 Å². The summed E-state index contributed by atoms with van der Waals surface area (Å²) in [4.78, 5) is 37.2. The van der Waals surface area contributed by atoms with Crippen molar-refractivity contribution in [1.29, 1.82) is 0 Å². The number of carbonyl (C=O) groups is 3. The number of urea groups is 2. The minimum Gasteiger partial charge on any atom is -0.423 e. The molecule has 0 unspecified atom stereocenters. The second-order valence-electron chi connectivity index (χ2n) is 9.48. The number of hydrogen-bond donors (Lipinski definition) is 2. The van der Waals surface area contributed by atoms with E-state index in [0.29, 0.717) is 23.7 Å². The molecule has 0 atom stereocenters. The zero-order chi connectivity index (χ0) is 24.7. The number of nitrogens with zero attached hydrogens (tertiary/aromatic N) is 1. The molecule has 1 aromatic carbocycles. The molecule has 1 aliphatic heterocycles. The van der Waals surface area contributed by atoms with Crippen molar-refractivity contribution >= 4 is 18.0 Å². The number of amides is 4. The molecule has 1 heterocycles. The lowest BCUT2D eigenvalue weighted by atomic mass is 9.77. The number of nitrogens with one attached hydrogen (secondary N) is 2. The summed E-state index contributed by atoms with van der Waals surface area (Å²) in [7, 11) is 0. The van der Waals surface area contributed by atoms with Gasteiger partial charge in [-0.15, -0.1) is 0 Å². The Kier molecular flexibility index (Phi) is 8.91. The van der Waals surface area contributed by atoms with Crippen LogP contribution < -0.4 is 15.4 Å². The van der Waals surface area contributed by atoms with E-state index in [1.807, 2.05) is 12.1 Å². The topological polar surface area (TPSA) is 87.7 Å². The molecule has 0 aromatic heterocycles. The Morgan fingerprint density at radius 3 is 2.53 bits per heavy atom. The predicted molar refractivity (Wildman–Crippen MR) is 132 cm³/mol. The highest BCUT2D eigenvalue weighted by atomic mass is 16.5. The van der Waals surface area contributed by atoms with E-state index in [4.69, 9.17) is 4.74 Å². The molecule has 1 saturated heterocycles. The maximum atomic E-state index is 12.3. The van der Waals surface area contributed by atoms with E-state index in [0.717, 1.165) is 24.3 Å². The van der Waals surface area contributed by atoms with Crippen LogP contribution in [0.25, 0.3) is 0 Å². The van der Waals surface area contributed by atoms with Crippen molar-refractivity contribution in [2.75, 3.05) is 6.54 Å². The second kappa shape index (κ2) is 11.9. The van der Waals surface area contributed by atoms with E-state index < -0.39 is 18.0 Å². The summed E-state index contributed by atoms with van der Waals surface area (Å²) >= 11 is 0. The van der Waals surface area contributed by atoms with Gasteiger partial charge in [0.2, 0.25) is 0 Å². The fourth-order valence-electron chi connectivity index (χ4n) is 4.77. The van der Waals surface area contributed by atoms with Crippen molar-refractivity contribution in [2.45, 2.75) is 77.6 Å². The van der Waals surface area contributed by atoms with E-state index in [1.165, 1.54) is 49.0 Å². The van der Waals surface area contributed by atoms with Gasteiger partial charge in [0.25, 0.3) is 0 Å². The highest BCUT2D eigenvalue weighted by Crippen LogP contribution is 2.39. The maximum absolute atomic E-state index is 12.3. The van der Waals surface area contributed by atoms with E-state index in [1.54, 1.807) is 6.92 Å². The zero-order valence-electron chi connectivity index (χ0n) is 20.5. The Labute approximate surface area is 202 Å². The van der Waals surface area contributed by atoms with Crippen molar-refractivity contribution in [3.63, 3.8) is 0 Å². The highest BCUT2D eigenvalue weighted by molar-refractivity contribution is 5.97. The number of carbonyl (C=O) groups excluding carboxylic acids is 3. The number of benzene rings is 1. The van der Waals surface area contributed by atoms with E-state index >= 15 is 0 Å². The number of rotatable bonds is 10. The normalized spacial score (nSPS) is 20.5. The molecule has 4 amide bonds. The van der Waals surface area contributed by atoms with Gasteiger partial charge < -0.3 is 4.74 Å². The molecule has 0 radical (unpaired) electrons. The fraction of sp³-hybridized carbons (Fsp3) is 0.519. The van der Waals surface area contributed by atoms with Crippen LogP contribution in [0.4, 0.5) is 9.59 Å². The van der Waals surface area contributed by atoms with Crippen LogP contribution >= 0.6 is 0 Å². The Hall–Kier alpha value is -3.09. The number of unbranched alkanes of at least 4 members (excludes halogenated alkanes) is 2. The van der Waals surface area contributed by atoms with Crippen molar-refractivity contribution in [3.8, 4) is 5.75 Å². The average molecular weight is 468 g/mol. The summed E-state index contributed by atoms with van der Waals surface area (Å²) in [6, 6.07) is 4.95. The predicted octanol–water partition coefficient (Wildman–Crippen LogP) is 5.77. The molecule has 34 heavy (non-hydrogen) atoms. The molecule has 1 aromatic rings. The molecule has 7 nitrogen and oxygen atoms in total. The van der Waals surface area contributed by atoms with Crippen LogP contribution in [0.5, 0.6) is 5.75 Å². The average Bonchev–Trinajstić information content (AvgIpc) is 2.79. The molecule has 184 valence electrons. The van der Waals surface area contributed by atoms with E-state index in [2.05, 4.69) is 36.8 Å². The third-order valence-electron chi connectivity index (χ3n) is 6.83. The lowest BCUT2D eigenvalue weighted by molar-refractivity contribution is -0.130. The van der Waals surface area contributed by atoms with Gasteiger partial charge in [-0.2, -0.15) is 0 Å². The first-order valence-electron chi connectivity index (χ1n) is 12.4. The van der Waals surface area contributed by atoms with E-state index in [9.17, 15) is 14.4 Å². The SMILES string of the molecule is C=C(C)C(=O)Oc1cc(C2CCC(CCCCC)CC2)ccc1CCN1C(=C)NC(=O)NC1=O. The van der Waals surface area contributed by atoms with Gasteiger partial charge in [-0.25, -0.2) is 14.4 Å². The van der Waals surface area contributed by atoms with Crippen LogP contribution in [0.15, 0.2) is 42.8 Å². The van der Waals surface area contributed by atoms with Crippen molar-refractivity contribution in [1.82, 2.24) is 15.5 Å². The van der Waals surface area contributed by atoms with Gasteiger partial charge in [-0.1, -0.05) is 57.9 Å². The highest BCUT2D eigenvalue weighted by Gasteiger charge is 2.27. The van der Waals surface area contributed by atoms with Crippen LogP contribution in [0, 0.1) is 5.92 Å². The molecule has 2 fully saturated rings. The Morgan fingerprint density at radius 2 is 1.88 bits per heavy atom. The number of esters is 1. The van der Waals surface area contributed by atoms with Crippen LogP contribution in [0.1, 0.15) is 82.3 Å². The molecule has 7 heteroatoms. The number of imide groups is 1. The molecule has 1 saturated carbocycles. The molecular formula is C27H37N3O4. The number of hydrogen-bond acceptors (Lipinski definition) is 4. The minimum atomic E-state index is -0.591. The molecule has 2 N–H and O–H groups in total. The molecule has 0 bridgehead atoms. The standard InChI is InChI=1S/C27H37N3O4/c1-5-6-7-8-20-9-11-21(12-10-20)23-14-13-22(24(17-23)34-25(31)18(2)3)15-16-30-19(4)28-26(32)29-27(30)33/h13-14,17,20-21H,2,4-12,15-16H2,1,3H3,(H2,28,29,32,33). The van der Waals surface area contributed by atoms with Gasteiger partial charge in [0, 0.05) is 12.1 Å². The first-order chi connectivity index (χ1) is 16.3. The summed E-state index contributed by atoms with van der Waals surface area (Å²) in [5, 5.41) is 4.70. The Morgan fingerprint density at radius 1 is 1.15 bits per heavy atom. The first kappa shape index (κ1) is 25.5. The summed E-state index contributed by atoms with van der Waals surface area (Å²) in [5.74, 6) is 1.54. The molecule has 2 aliphatic rings.